The Morgan fingerprint density at radius 2 is 0.934 bits per heavy atom. The van der Waals surface area contributed by atoms with Crippen molar-refractivity contribution >= 4 is 11.9 Å². The number of hydrogen-bond donors (Lipinski definition) is 3. The van der Waals surface area contributed by atoms with Gasteiger partial charge in [0.2, 0.25) is 5.91 Å². The fraction of sp³-hybridized carbons (Fsp3) is 0.782. The van der Waals surface area contributed by atoms with Crippen LogP contribution in [0.25, 0.3) is 0 Å². The van der Waals surface area contributed by atoms with E-state index in [2.05, 4.69) is 86.8 Å². The van der Waals surface area contributed by atoms with E-state index in [1.165, 1.54) is 103 Å². The Bertz CT molecular complexity index is 1090. The highest BCUT2D eigenvalue weighted by atomic mass is 16.5. The predicted molar refractivity (Wildman–Crippen MR) is 264 cm³/mol. The molecule has 0 aromatic carbocycles. The van der Waals surface area contributed by atoms with E-state index in [1.807, 2.05) is 0 Å². The smallest absolute Gasteiger partial charge is 0.306 e. The average molecular weight is 854 g/mol. The zero-order valence-electron chi connectivity index (χ0n) is 40.3. The number of carbonyl (C=O) groups excluding carboxylic acids is 2. The third-order valence-corrected chi connectivity index (χ3v) is 11.6. The van der Waals surface area contributed by atoms with Crippen molar-refractivity contribution in [2.24, 2.45) is 0 Å². The lowest BCUT2D eigenvalue weighted by Gasteiger charge is -2.24. The van der Waals surface area contributed by atoms with E-state index in [0.29, 0.717) is 19.3 Å². The van der Waals surface area contributed by atoms with Gasteiger partial charge < -0.3 is 20.3 Å². The van der Waals surface area contributed by atoms with Crippen molar-refractivity contribution in [3.05, 3.63) is 60.8 Å². The quantitative estimate of drug-likeness (QED) is 0.0245. The minimum absolute atomic E-state index is 0.0576. The number of hydrogen-bond acceptors (Lipinski definition) is 5. The molecule has 0 aliphatic rings. The maximum absolute atomic E-state index is 13.2. The molecular weight excluding hydrogens is 755 g/mol. The van der Waals surface area contributed by atoms with Gasteiger partial charge in [-0.3, -0.25) is 9.59 Å². The van der Waals surface area contributed by atoms with Crippen LogP contribution >= 0.6 is 0 Å². The molecule has 3 N–H and O–H groups in total. The number of rotatable bonds is 46. The third-order valence-electron chi connectivity index (χ3n) is 11.6. The molecule has 0 spiro atoms. The molecule has 0 saturated heterocycles. The van der Waals surface area contributed by atoms with Crippen molar-refractivity contribution < 1.29 is 24.5 Å². The van der Waals surface area contributed by atoms with Crippen molar-refractivity contribution in [2.45, 2.75) is 270 Å². The highest BCUT2D eigenvalue weighted by Crippen LogP contribution is 2.17. The molecule has 6 nitrogen and oxygen atoms in total. The molecule has 0 rings (SSSR count). The number of ether oxygens (including phenoxy) is 1. The molecule has 3 atom stereocenters. The number of nitrogens with one attached hydrogen (secondary N) is 1. The lowest BCUT2D eigenvalue weighted by atomic mass is 10.0. The van der Waals surface area contributed by atoms with E-state index in [-0.39, 0.29) is 24.9 Å². The molecule has 0 aromatic heterocycles. The van der Waals surface area contributed by atoms with Gasteiger partial charge in [0.1, 0.15) is 6.10 Å². The van der Waals surface area contributed by atoms with Crippen molar-refractivity contribution in [1.29, 1.82) is 0 Å². The fourth-order valence-electron chi connectivity index (χ4n) is 7.67. The van der Waals surface area contributed by atoms with Crippen LogP contribution in [0.4, 0.5) is 0 Å². The van der Waals surface area contributed by atoms with E-state index in [1.54, 1.807) is 0 Å². The second-order valence-electron chi connectivity index (χ2n) is 17.6. The van der Waals surface area contributed by atoms with Gasteiger partial charge >= 0.3 is 5.97 Å². The average Bonchev–Trinajstić information content (AvgIpc) is 3.25. The van der Waals surface area contributed by atoms with E-state index >= 15 is 0 Å². The Morgan fingerprint density at radius 1 is 0.508 bits per heavy atom. The topological polar surface area (TPSA) is 95.9 Å². The molecule has 0 aliphatic carbocycles. The molecule has 3 unspecified atom stereocenters. The SMILES string of the molecule is CC/C=C/C/C=C/C/C=C/CCCCCCCCC(=O)OC(CCCCCC/C=C/C=C/CCCCC)CC(=O)NC(CO)C(O)CCCCCCCCCCCCCCC. The van der Waals surface area contributed by atoms with Crippen LogP contribution in [0.3, 0.4) is 0 Å². The summed E-state index contributed by atoms with van der Waals surface area (Å²) in [6.45, 7) is 6.34. The number of esters is 1. The predicted octanol–water partition coefficient (Wildman–Crippen LogP) is 15.6. The van der Waals surface area contributed by atoms with Gasteiger partial charge in [-0.05, 0) is 83.5 Å². The van der Waals surface area contributed by atoms with Crippen LogP contribution in [0.15, 0.2) is 60.8 Å². The second-order valence-corrected chi connectivity index (χ2v) is 17.6. The van der Waals surface area contributed by atoms with Gasteiger partial charge in [0, 0.05) is 6.42 Å². The summed E-state index contributed by atoms with van der Waals surface area (Å²) in [5.41, 5.74) is 0. The molecule has 6 heteroatoms. The maximum Gasteiger partial charge on any atom is 0.306 e. The number of amides is 1. The van der Waals surface area contributed by atoms with E-state index in [4.69, 9.17) is 4.74 Å². The monoisotopic (exact) mass is 854 g/mol. The van der Waals surface area contributed by atoms with Crippen LogP contribution in [-0.2, 0) is 14.3 Å². The molecule has 0 fully saturated rings. The Labute approximate surface area is 378 Å². The van der Waals surface area contributed by atoms with Crippen LogP contribution < -0.4 is 5.32 Å². The number of allylic oxidation sites excluding steroid dienone is 10. The lowest BCUT2D eigenvalue weighted by Crippen LogP contribution is -2.46. The first-order valence-electron chi connectivity index (χ1n) is 26.0. The fourth-order valence-corrected chi connectivity index (χ4v) is 7.67. The Hall–Kier alpha value is -2.44. The molecule has 0 aliphatic heterocycles. The first-order valence-corrected chi connectivity index (χ1v) is 26.0. The van der Waals surface area contributed by atoms with Gasteiger partial charge in [-0.1, -0.05) is 216 Å². The molecule has 1 amide bonds. The number of carbonyl (C=O) groups is 2. The molecule has 0 bridgehead atoms. The standard InChI is InChI=1S/C55H99NO5/c1-4-7-10-13-16-19-22-25-26-27-30-33-36-39-42-45-48-55(60)61-51(46-43-40-37-34-31-28-23-20-17-14-11-8-5-2)49-54(59)56-52(50-57)53(58)47-44-41-38-35-32-29-24-21-18-15-12-9-6-3/h7,10,16-17,19-20,23,25-26,28,51-53,57-58H,4-6,8-9,11-15,18,21-22,24,27,29-50H2,1-3H3,(H,56,59)/b10-7+,19-16+,20-17+,26-25+,28-23+. The second kappa shape index (κ2) is 48.6. The molecule has 0 aromatic rings. The lowest BCUT2D eigenvalue weighted by molar-refractivity contribution is -0.151. The van der Waals surface area contributed by atoms with Crippen LogP contribution in [-0.4, -0.2) is 46.9 Å². The van der Waals surface area contributed by atoms with E-state index < -0.39 is 18.2 Å². The Balaban J connectivity index is 4.61. The van der Waals surface area contributed by atoms with E-state index in [0.717, 1.165) is 103 Å². The normalized spacial score (nSPS) is 13.7. The van der Waals surface area contributed by atoms with Gasteiger partial charge in [-0.15, -0.1) is 0 Å². The molecule has 61 heavy (non-hydrogen) atoms. The summed E-state index contributed by atoms with van der Waals surface area (Å²) < 4.78 is 5.92. The van der Waals surface area contributed by atoms with Crippen LogP contribution in [0.1, 0.15) is 252 Å². The highest BCUT2D eigenvalue weighted by molar-refractivity contribution is 5.77. The Kier molecular flexibility index (Phi) is 46.6. The van der Waals surface area contributed by atoms with Crippen LogP contribution in [0.2, 0.25) is 0 Å². The van der Waals surface area contributed by atoms with Crippen LogP contribution in [0.5, 0.6) is 0 Å². The van der Waals surface area contributed by atoms with Gasteiger partial charge in [0.05, 0.1) is 25.2 Å². The zero-order valence-corrected chi connectivity index (χ0v) is 40.3. The summed E-state index contributed by atoms with van der Waals surface area (Å²) in [4.78, 5) is 26.1. The molecular formula is C55H99NO5. The minimum atomic E-state index is -0.796. The summed E-state index contributed by atoms with van der Waals surface area (Å²) >= 11 is 0. The summed E-state index contributed by atoms with van der Waals surface area (Å²) in [5, 5.41) is 23.8. The van der Waals surface area contributed by atoms with E-state index in [9.17, 15) is 19.8 Å². The third kappa shape index (κ3) is 44.0. The first kappa shape index (κ1) is 58.6. The van der Waals surface area contributed by atoms with Crippen LogP contribution in [0, 0.1) is 0 Å². The largest absolute Gasteiger partial charge is 0.462 e. The maximum atomic E-state index is 13.2. The number of aliphatic hydroxyl groups excluding tert-OH is 2. The Morgan fingerprint density at radius 3 is 1.48 bits per heavy atom. The number of aliphatic hydroxyl groups is 2. The van der Waals surface area contributed by atoms with Crippen molar-refractivity contribution in [3.8, 4) is 0 Å². The van der Waals surface area contributed by atoms with Gasteiger partial charge in [-0.2, -0.15) is 0 Å². The minimum Gasteiger partial charge on any atom is -0.462 e. The molecule has 0 radical (unpaired) electrons. The number of unbranched alkanes of at least 4 members (excludes halogenated alkanes) is 25. The van der Waals surface area contributed by atoms with Gasteiger partial charge in [-0.25, -0.2) is 0 Å². The molecule has 0 saturated carbocycles. The molecule has 354 valence electrons. The van der Waals surface area contributed by atoms with Gasteiger partial charge in [0.15, 0.2) is 0 Å². The molecule has 0 heterocycles. The zero-order chi connectivity index (χ0) is 44.5. The van der Waals surface area contributed by atoms with Crippen molar-refractivity contribution in [1.82, 2.24) is 5.32 Å². The van der Waals surface area contributed by atoms with Crippen molar-refractivity contribution in [2.75, 3.05) is 6.61 Å². The summed E-state index contributed by atoms with van der Waals surface area (Å²) in [6.07, 6.45) is 59.9. The van der Waals surface area contributed by atoms with Crippen molar-refractivity contribution in [3.63, 3.8) is 0 Å². The van der Waals surface area contributed by atoms with Gasteiger partial charge in [0.25, 0.3) is 0 Å². The summed E-state index contributed by atoms with van der Waals surface area (Å²) in [5.74, 6) is -0.507. The first-order chi connectivity index (χ1) is 30.0. The highest BCUT2D eigenvalue weighted by Gasteiger charge is 2.24. The summed E-state index contributed by atoms with van der Waals surface area (Å²) in [7, 11) is 0. The summed E-state index contributed by atoms with van der Waals surface area (Å²) in [6, 6.07) is -0.712.